The fourth-order valence-electron chi connectivity index (χ4n) is 10.9. The molecule has 0 bridgehead atoms. The molecule has 0 atom stereocenters. The predicted molar refractivity (Wildman–Crippen MR) is 284 cm³/mol. The van der Waals surface area contributed by atoms with E-state index in [-0.39, 0.29) is 0 Å². The molecule has 6 heteroatoms. The topological polar surface area (TPSA) is 47.7 Å². The lowest BCUT2D eigenvalue weighted by Gasteiger charge is -2.17. The Morgan fingerprint density at radius 1 is 0.418 bits per heavy atom. The first-order valence-electron chi connectivity index (χ1n) is 22.8. The number of thiophene rings is 1. The second kappa shape index (κ2) is 14.0. The third kappa shape index (κ3) is 5.42. The standard InChI is InChI=1S/C61H36N4OS/c1-3-15-38-33-54-48(31-36(38)13-1)49-32-37-14-2-4-16-39(37)34-55(49)64(54)59-47(28-27-46-45-20-8-12-24-58(45)67-60(46)59)51-30-29-50(40-25-26-44-43-19-7-11-23-56(43)66-57(44)35-40)62-61(63-51)65-52-21-9-5-17-41(52)42-18-6-10-22-53(42)65/h1-29,31-35H,30H2. The van der Waals surface area contributed by atoms with Crippen LogP contribution < -0.4 is 0 Å². The van der Waals surface area contributed by atoms with Gasteiger partial charge in [-0.3, -0.25) is 4.57 Å². The molecule has 0 fully saturated rings. The molecule has 5 nitrogen and oxygen atoms in total. The van der Waals surface area contributed by atoms with Gasteiger partial charge in [-0.15, -0.1) is 11.3 Å². The maximum atomic E-state index is 6.46. The molecule has 0 saturated carbocycles. The number of aromatic nitrogens is 2. The first-order valence-corrected chi connectivity index (χ1v) is 23.6. The first kappa shape index (κ1) is 36.7. The van der Waals surface area contributed by atoms with E-state index in [1.54, 1.807) is 0 Å². The van der Waals surface area contributed by atoms with Crippen molar-refractivity contribution >= 4 is 136 Å². The number of nitrogens with zero attached hydrogens (tertiary/aromatic N) is 4. The number of rotatable bonds is 3. The van der Waals surface area contributed by atoms with Crippen LogP contribution in [0.1, 0.15) is 17.5 Å². The van der Waals surface area contributed by atoms with Crippen LogP contribution in [-0.2, 0) is 0 Å². The minimum Gasteiger partial charge on any atom is -0.456 e. The van der Waals surface area contributed by atoms with Crippen molar-refractivity contribution in [1.29, 1.82) is 0 Å². The first-order chi connectivity index (χ1) is 33.2. The summed E-state index contributed by atoms with van der Waals surface area (Å²) in [6.07, 6.45) is 2.80. The van der Waals surface area contributed by atoms with Gasteiger partial charge in [-0.2, -0.15) is 0 Å². The number of fused-ring (bicyclic) bond motifs is 14. The number of para-hydroxylation sites is 3. The minimum atomic E-state index is 0.546. The summed E-state index contributed by atoms with van der Waals surface area (Å²) in [4.78, 5) is 11.4. The van der Waals surface area contributed by atoms with Crippen LogP contribution in [0.3, 0.4) is 0 Å². The van der Waals surface area contributed by atoms with E-state index in [9.17, 15) is 0 Å². The highest BCUT2D eigenvalue weighted by atomic mass is 32.1. The molecular formula is C61H36N4OS. The van der Waals surface area contributed by atoms with E-state index in [1.165, 1.54) is 52.5 Å². The number of furan rings is 1. The molecule has 1 aliphatic heterocycles. The molecule has 0 N–H and O–H groups in total. The van der Waals surface area contributed by atoms with Crippen molar-refractivity contribution in [3.63, 3.8) is 0 Å². The van der Waals surface area contributed by atoms with E-state index in [0.717, 1.165) is 83.0 Å². The van der Waals surface area contributed by atoms with Gasteiger partial charge in [-0.25, -0.2) is 9.98 Å². The Morgan fingerprint density at radius 2 is 0.985 bits per heavy atom. The lowest BCUT2D eigenvalue weighted by Crippen LogP contribution is -2.14. The summed E-state index contributed by atoms with van der Waals surface area (Å²) in [6, 6.07) is 72.4. The smallest absolute Gasteiger partial charge is 0.235 e. The molecule has 0 radical (unpaired) electrons. The van der Waals surface area contributed by atoms with Gasteiger partial charge in [-0.1, -0.05) is 146 Å². The van der Waals surface area contributed by atoms with Gasteiger partial charge in [0.15, 0.2) is 0 Å². The van der Waals surface area contributed by atoms with Crippen molar-refractivity contribution in [3.8, 4) is 5.69 Å². The SMILES string of the molecule is C1=C(c2ccc3c(c2)oc2ccccc23)N=C(n2c3ccccc3c3ccccc32)N=C(c2ccc3c(sc4ccccc43)c2-n2c3cc4ccccc4cc3c3cc4ccccc4cc32)C1. The number of aliphatic imine (C=N–C) groups is 2. The number of hydrogen-bond donors (Lipinski definition) is 0. The molecule has 0 aliphatic carbocycles. The van der Waals surface area contributed by atoms with Crippen molar-refractivity contribution in [2.75, 3.05) is 0 Å². The van der Waals surface area contributed by atoms with E-state index < -0.39 is 0 Å². The fraction of sp³-hybridized carbons (Fsp3) is 0.0164. The van der Waals surface area contributed by atoms with Crippen LogP contribution in [0.4, 0.5) is 0 Å². The number of allylic oxidation sites excluding steroid dienone is 1. The Kier molecular flexibility index (Phi) is 7.65. The molecular weight excluding hydrogens is 837 g/mol. The number of hydrogen-bond acceptors (Lipinski definition) is 4. The lowest BCUT2D eigenvalue weighted by atomic mass is 10.00. The van der Waals surface area contributed by atoms with Crippen molar-refractivity contribution < 1.29 is 4.42 Å². The molecule has 0 amide bonds. The van der Waals surface area contributed by atoms with Crippen LogP contribution in [0.2, 0.25) is 0 Å². The summed E-state index contributed by atoms with van der Waals surface area (Å²) in [5.41, 5.74) is 11.1. The van der Waals surface area contributed by atoms with E-state index in [1.807, 2.05) is 23.5 Å². The Labute approximate surface area is 387 Å². The molecule has 1 aliphatic rings. The Morgan fingerprint density at radius 3 is 1.69 bits per heavy atom. The Hall–Kier alpha value is -8.58. The average Bonchev–Trinajstić information content (AvgIpc) is 4.08. The summed E-state index contributed by atoms with van der Waals surface area (Å²) in [6.45, 7) is 0. The quantitative estimate of drug-likeness (QED) is 0.174. The van der Waals surface area contributed by atoms with Crippen molar-refractivity contribution in [1.82, 2.24) is 9.13 Å². The average molecular weight is 873 g/mol. The normalized spacial score (nSPS) is 13.6. The fourth-order valence-corrected chi connectivity index (χ4v) is 12.1. The predicted octanol–water partition coefficient (Wildman–Crippen LogP) is 16.6. The monoisotopic (exact) mass is 872 g/mol. The number of benzene rings is 10. The molecule has 15 rings (SSSR count). The van der Waals surface area contributed by atoms with Crippen molar-refractivity contribution in [2.24, 2.45) is 9.98 Å². The van der Waals surface area contributed by atoms with Crippen LogP contribution in [-0.4, -0.2) is 20.8 Å². The highest BCUT2D eigenvalue weighted by Crippen LogP contribution is 2.45. The molecule has 4 aromatic heterocycles. The lowest BCUT2D eigenvalue weighted by molar-refractivity contribution is 0.669. The van der Waals surface area contributed by atoms with Gasteiger partial charge in [0.2, 0.25) is 5.96 Å². The second-order valence-electron chi connectivity index (χ2n) is 17.6. The van der Waals surface area contributed by atoms with Crippen molar-refractivity contribution in [3.05, 3.63) is 217 Å². The molecule has 0 spiro atoms. The van der Waals surface area contributed by atoms with Gasteiger partial charge >= 0.3 is 0 Å². The zero-order valence-corrected chi connectivity index (χ0v) is 36.8. The third-order valence-corrected chi connectivity index (χ3v) is 15.1. The second-order valence-corrected chi connectivity index (χ2v) is 18.7. The minimum absolute atomic E-state index is 0.546. The maximum absolute atomic E-state index is 6.46. The van der Waals surface area contributed by atoms with E-state index >= 15 is 0 Å². The molecule has 0 saturated heterocycles. The third-order valence-electron chi connectivity index (χ3n) is 14.0. The van der Waals surface area contributed by atoms with Crippen molar-refractivity contribution in [2.45, 2.75) is 6.42 Å². The molecule has 5 heterocycles. The van der Waals surface area contributed by atoms with Crippen LogP contribution in [0.5, 0.6) is 0 Å². The van der Waals surface area contributed by atoms with E-state index in [0.29, 0.717) is 12.4 Å². The summed E-state index contributed by atoms with van der Waals surface area (Å²) in [5, 5.41) is 14.3. The Balaban J connectivity index is 1.05. The summed E-state index contributed by atoms with van der Waals surface area (Å²) in [7, 11) is 0. The zero-order chi connectivity index (χ0) is 43.7. The van der Waals surface area contributed by atoms with Crippen LogP contribution in [0, 0.1) is 0 Å². The highest BCUT2D eigenvalue weighted by molar-refractivity contribution is 7.26. The maximum Gasteiger partial charge on any atom is 0.235 e. The van der Waals surface area contributed by atoms with Gasteiger partial charge in [0.25, 0.3) is 0 Å². The highest BCUT2D eigenvalue weighted by Gasteiger charge is 2.26. The van der Waals surface area contributed by atoms with Crippen LogP contribution in [0.25, 0.3) is 119 Å². The van der Waals surface area contributed by atoms with Crippen LogP contribution >= 0.6 is 11.3 Å². The van der Waals surface area contributed by atoms with Gasteiger partial charge in [-0.05, 0) is 82.2 Å². The molecule has 10 aromatic carbocycles. The van der Waals surface area contributed by atoms with Gasteiger partial charge in [0.1, 0.15) is 11.2 Å². The summed E-state index contributed by atoms with van der Waals surface area (Å²) >= 11 is 1.86. The molecule has 312 valence electrons. The van der Waals surface area contributed by atoms with Gasteiger partial charge in [0.05, 0.1) is 43.9 Å². The van der Waals surface area contributed by atoms with Gasteiger partial charge < -0.3 is 8.98 Å². The molecule has 14 aromatic rings. The van der Waals surface area contributed by atoms with Gasteiger partial charge in [0, 0.05) is 65.3 Å². The van der Waals surface area contributed by atoms with E-state index in [2.05, 4.69) is 203 Å². The van der Waals surface area contributed by atoms with E-state index in [4.69, 9.17) is 14.4 Å². The Bertz CT molecular complexity index is 4410. The zero-order valence-electron chi connectivity index (χ0n) is 35.9. The summed E-state index contributed by atoms with van der Waals surface area (Å²) < 4.78 is 13.7. The summed E-state index contributed by atoms with van der Waals surface area (Å²) in [5.74, 6) is 0.613. The van der Waals surface area contributed by atoms with Crippen LogP contribution in [0.15, 0.2) is 221 Å². The molecule has 67 heavy (non-hydrogen) atoms. The largest absolute Gasteiger partial charge is 0.456 e. The molecule has 0 unspecified atom stereocenters.